The number of piperidine rings is 1. The van der Waals surface area contributed by atoms with Crippen LogP contribution in [0.1, 0.15) is 28.8 Å². The van der Waals surface area contributed by atoms with Crippen molar-refractivity contribution in [1.82, 2.24) is 10.2 Å². The Kier molecular flexibility index (Phi) is 3.37. The van der Waals surface area contributed by atoms with Gasteiger partial charge in [-0.1, -0.05) is 6.07 Å². The second-order valence-electron chi connectivity index (χ2n) is 4.91. The third kappa shape index (κ3) is 2.26. The minimum absolute atomic E-state index is 0.221. The lowest BCUT2D eigenvalue weighted by atomic mass is 10.0. The first-order valence-corrected chi connectivity index (χ1v) is 6.87. The van der Waals surface area contributed by atoms with Crippen LogP contribution >= 0.6 is 12.2 Å². The zero-order valence-corrected chi connectivity index (χ0v) is 11.8. The number of hydrogen-bond donors (Lipinski definition) is 1. The Labute approximate surface area is 125 Å². The third-order valence-electron chi connectivity index (χ3n) is 3.72. The van der Waals surface area contributed by atoms with Crippen molar-refractivity contribution in [3.63, 3.8) is 0 Å². The van der Waals surface area contributed by atoms with Gasteiger partial charge in [-0.3, -0.25) is 19.7 Å². The van der Waals surface area contributed by atoms with Crippen LogP contribution in [0.3, 0.4) is 0 Å². The lowest BCUT2D eigenvalue weighted by Crippen LogP contribution is -2.52. The SMILES string of the molecule is O=C1CCC(N2Cc3c(N=C=S)cccc3C2=O)C(=O)N1. The molecular formula is C14H11N3O3S. The monoisotopic (exact) mass is 301 g/mol. The molecule has 1 fully saturated rings. The minimum atomic E-state index is -0.619. The summed E-state index contributed by atoms with van der Waals surface area (Å²) in [5.41, 5.74) is 1.85. The van der Waals surface area contributed by atoms with E-state index in [0.29, 0.717) is 17.7 Å². The summed E-state index contributed by atoms with van der Waals surface area (Å²) >= 11 is 4.60. The molecule has 1 atom stereocenters. The average molecular weight is 301 g/mol. The van der Waals surface area contributed by atoms with Gasteiger partial charge in [0.15, 0.2) is 0 Å². The maximum absolute atomic E-state index is 12.5. The maximum Gasteiger partial charge on any atom is 0.255 e. The maximum atomic E-state index is 12.5. The summed E-state index contributed by atoms with van der Waals surface area (Å²) < 4.78 is 0. The molecule has 3 amide bonds. The number of benzene rings is 1. The predicted molar refractivity (Wildman–Crippen MR) is 77.2 cm³/mol. The van der Waals surface area contributed by atoms with Crippen LogP contribution in [0.25, 0.3) is 0 Å². The molecule has 1 aromatic carbocycles. The van der Waals surface area contributed by atoms with Gasteiger partial charge in [-0.15, -0.1) is 0 Å². The molecule has 6 nitrogen and oxygen atoms in total. The van der Waals surface area contributed by atoms with Gasteiger partial charge >= 0.3 is 0 Å². The third-order valence-corrected chi connectivity index (χ3v) is 3.81. The van der Waals surface area contributed by atoms with Crippen molar-refractivity contribution in [3.05, 3.63) is 29.3 Å². The van der Waals surface area contributed by atoms with Crippen molar-refractivity contribution in [1.29, 1.82) is 0 Å². The Bertz CT molecular complexity index is 709. The highest BCUT2D eigenvalue weighted by Gasteiger charge is 2.39. The fraction of sp³-hybridized carbons (Fsp3) is 0.286. The number of rotatable bonds is 2. The summed E-state index contributed by atoms with van der Waals surface area (Å²) in [7, 11) is 0. The van der Waals surface area contributed by atoms with Crippen molar-refractivity contribution in [2.45, 2.75) is 25.4 Å². The van der Waals surface area contributed by atoms with Gasteiger partial charge in [0.1, 0.15) is 6.04 Å². The lowest BCUT2D eigenvalue weighted by molar-refractivity contribution is -0.136. The zero-order chi connectivity index (χ0) is 15.0. The molecule has 1 unspecified atom stereocenters. The number of amides is 3. The highest BCUT2D eigenvalue weighted by Crippen LogP contribution is 2.33. The van der Waals surface area contributed by atoms with E-state index < -0.39 is 11.9 Å². The van der Waals surface area contributed by atoms with Gasteiger partial charge in [-0.25, -0.2) is 0 Å². The van der Waals surface area contributed by atoms with E-state index >= 15 is 0 Å². The molecule has 1 N–H and O–H groups in total. The van der Waals surface area contributed by atoms with Gasteiger partial charge < -0.3 is 4.90 Å². The topological polar surface area (TPSA) is 78.8 Å². The molecule has 0 spiro atoms. The average Bonchev–Trinajstić information content (AvgIpc) is 2.78. The van der Waals surface area contributed by atoms with Crippen LogP contribution in [0.4, 0.5) is 5.69 Å². The fourth-order valence-corrected chi connectivity index (χ4v) is 2.82. The van der Waals surface area contributed by atoms with Gasteiger partial charge in [0, 0.05) is 24.1 Å². The zero-order valence-electron chi connectivity index (χ0n) is 11.0. The first-order chi connectivity index (χ1) is 10.1. The summed E-state index contributed by atoms with van der Waals surface area (Å²) in [4.78, 5) is 41.0. The van der Waals surface area contributed by atoms with E-state index in [4.69, 9.17) is 0 Å². The molecule has 3 rings (SSSR count). The molecule has 1 aromatic rings. The van der Waals surface area contributed by atoms with Gasteiger partial charge in [0.2, 0.25) is 11.8 Å². The summed E-state index contributed by atoms with van der Waals surface area (Å²) in [6, 6.07) is 4.55. The van der Waals surface area contributed by atoms with Crippen LogP contribution in [0.5, 0.6) is 0 Å². The van der Waals surface area contributed by atoms with Crippen LogP contribution in [-0.2, 0) is 16.1 Å². The highest BCUT2D eigenvalue weighted by atomic mass is 32.1. The van der Waals surface area contributed by atoms with Crippen molar-refractivity contribution in [3.8, 4) is 0 Å². The second kappa shape index (κ2) is 5.20. The molecule has 0 aromatic heterocycles. The van der Waals surface area contributed by atoms with Crippen molar-refractivity contribution in [2.75, 3.05) is 0 Å². The highest BCUT2D eigenvalue weighted by molar-refractivity contribution is 7.78. The summed E-state index contributed by atoms with van der Waals surface area (Å²) in [5.74, 6) is -0.945. The number of thiocarbonyl (C=S) groups is 1. The quantitative estimate of drug-likeness (QED) is 0.505. The van der Waals surface area contributed by atoms with Crippen molar-refractivity contribution >= 4 is 40.8 Å². The Hall–Kier alpha value is -2.37. The minimum Gasteiger partial charge on any atom is -0.322 e. The van der Waals surface area contributed by atoms with E-state index in [0.717, 1.165) is 5.56 Å². The second-order valence-corrected chi connectivity index (χ2v) is 5.09. The number of carbonyl (C=O) groups is 3. The molecule has 7 heteroatoms. The van der Waals surface area contributed by atoms with Crippen LogP contribution < -0.4 is 5.32 Å². The number of hydrogen-bond acceptors (Lipinski definition) is 5. The first kappa shape index (κ1) is 13.6. The molecular weight excluding hydrogens is 290 g/mol. The molecule has 106 valence electrons. The number of aliphatic imine (C=N–C) groups is 1. The Morgan fingerprint density at radius 3 is 2.86 bits per heavy atom. The largest absolute Gasteiger partial charge is 0.322 e. The van der Waals surface area contributed by atoms with Crippen molar-refractivity contribution in [2.24, 2.45) is 4.99 Å². The van der Waals surface area contributed by atoms with E-state index in [2.05, 4.69) is 27.7 Å². The lowest BCUT2D eigenvalue weighted by Gasteiger charge is -2.29. The number of carbonyl (C=O) groups excluding carboxylic acids is 3. The first-order valence-electron chi connectivity index (χ1n) is 6.46. The number of isothiocyanates is 1. The number of nitrogens with one attached hydrogen (secondary N) is 1. The Balaban J connectivity index is 1.93. The smallest absolute Gasteiger partial charge is 0.255 e. The molecule has 0 radical (unpaired) electrons. The van der Waals surface area contributed by atoms with E-state index in [9.17, 15) is 14.4 Å². The number of nitrogens with zero attached hydrogens (tertiary/aromatic N) is 2. The molecule has 2 heterocycles. The van der Waals surface area contributed by atoms with Gasteiger partial charge in [0.25, 0.3) is 5.91 Å². The van der Waals surface area contributed by atoms with E-state index in [-0.39, 0.29) is 24.8 Å². The van der Waals surface area contributed by atoms with Gasteiger partial charge in [-0.05, 0) is 30.8 Å². The summed E-state index contributed by atoms with van der Waals surface area (Å²) in [6.07, 6.45) is 0.581. The molecule has 2 aliphatic heterocycles. The van der Waals surface area contributed by atoms with E-state index in [1.54, 1.807) is 18.2 Å². The summed E-state index contributed by atoms with van der Waals surface area (Å²) in [5, 5.41) is 4.56. The van der Waals surface area contributed by atoms with E-state index in [1.807, 2.05) is 0 Å². The number of fused-ring (bicyclic) bond motifs is 1. The van der Waals surface area contributed by atoms with Crippen molar-refractivity contribution < 1.29 is 14.4 Å². The molecule has 0 aliphatic carbocycles. The predicted octanol–water partition coefficient (Wildman–Crippen LogP) is 1.18. The van der Waals surface area contributed by atoms with Crippen LogP contribution in [0, 0.1) is 0 Å². The Morgan fingerprint density at radius 1 is 1.33 bits per heavy atom. The normalized spacial score (nSPS) is 20.9. The molecule has 0 bridgehead atoms. The van der Waals surface area contributed by atoms with Gasteiger partial charge in [-0.2, -0.15) is 4.99 Å². The van der Waals surface area contributed by atoms with E-state index in [1.165, 1.54) is 4.90 Å². The summed E-state index contributed by atoms with van der Waals surface area (Å²) in [6.45, 7) is 0.289. The van der Waals surface area contributed by atoms with Crippen LogP contribution in [0.2, 0.25) is 0 Å². The standard InChI is InChI=1S/C14H11N3O3S/c18-12-5-4-11(13(19)16-12)17-6-9-8(14(17)20)2-1-3-10(9)15-7-21/h1-3,11H,4-6H2,(H,16,18,19). The molecule has 2 aliphatic rings. The molecule has 21 heavy (non-hydrogen) atoms. The molecule has 1 saturated heterocycles. The molecule has 0 saturated carbocycles. The van der Waals surface area contributed by atoms with Gasteiger partial charge in [0.05, 0.1) is 10.8 Å². The van der Waals surface area contributed by atoms with Crippen LogP contribution in [0.15, 0.2) is 23.2 Å². The fourth-order valence-electron chi connectivity index (χ4n) is 2.72. The Morgan fingerprint density at radius 2 is 2.14 bits per heavy atom. The van der Waals surface area contributed by atoms with Crippen LogP contribution in [-0.4, -0.2) is 33.8 Å². The number of imide groups is 1.